The van der Waals surface area contributed by atoms with Crippen molar-refractivity contribution in [3.8, 4) is 0 Å². The maximum Gasteiger partial charge on any atom is 0.111 e. The van der Waals surface area contributed by atoms with Gasteiger partial charge < -0.3 is 4.74 Å². The van der Waals surface area contributed by atoms with E-state index in [2.05, 4.69) is 25.3 Å². The number of hydrogen-bond donors (Lipinski definition) is 2. The first kappa shape index (κ1) is 11.9. The van der Waals surface area contributed by atoms with E-state index in [9.17, 15) is 0 Å². The van der Waals surface area contributed by atoms with Crippen LogP contribution in [-0.4, -0.2) is 12.6 Å². The summed E-state index contributed by atoms with van der Waals surface area (Å²) < 4.78 is 5.63. The van der Waals surface area contributed by atoms with Gasteiger partial charge in [-0.25, -0.2) is 5.43 Å². The van der Waals surface area contributed by atoms with E-state index in [0.717, 1.165) is 18.8 Å². The summed E-state index contributed by atoms with van der Waals surface area (Å²) >= 11 is 0. The minimum absolute atomic E-state index is 0.235. The van der Waals surface area contributed by atoms with E-state index in [-0.39, 0.29) is 6.04 Å². The highest BCUT2D eigenvalue weighted by molar-refractivity contribution is 5.09. The number of rotatable bonds is 3. The summed E-state index contributed by atoms with van der Waals surface area (Å²) in [4.78, 5) is 0. The Morgan fingerprint density at radius 1 is 1.44 bits per heavy atom. The number of nitrogens with one attached hydrogen (secondary N) is 1. The van der Waals surface area contributed by atoms with Gasteiger partial charge in [0.25, 0.3) is 0 Å². The molecule has 92 valence electrons. The fraction of sp³-hybridized carbons (Fsp3) is 0.846. The van der Waals surface area contributed by atoms with Gasteiger partial charge in [0.1, 0.15) is 5.76 Å². The monoisotopic (exact) mass is 224 g/mol. The number of nitrogens with two attached hydrogens (primary N) is 1. The molecule has 3 nitrogen and oxygen atoms in total. The molecule has 0 aromatic carbocycles. The van der Waals surface area contributed by atoms with Gasteiger partial charge in [0.2, 0.25) is 0 Å². The molecule has 0 aromatic rings. The Labute approximate surface area is 98.4 Å². The molecule has 16 heavy (non-hydrogen) atoms. The van der Waals surface area contributed by atoms with E-state index in [4.69, 9.17) is 10.6 Å². The van der Waals surface area contributed by atoms with Crippen LogP contribution >= 0.6 is 0 Å². The first-order chi connectivity index (χ1) is 7.62. The second-order valence-electron chi connectivity index (χ2n) is 5.89. The van der Waals surface area contributed by atoms with E-state index < -0.39 is 0 Å². The molecular formula is C13H24N2O. The Morgan fingerprint density at radius 2 is 2.12 bits per heavy atom. The molecule has 0 amide bonds. The number of ether oxygens (including phenoxy) is 1. The summed E-state index contributed by atoms with van der Waals surface area (Å²) in [5.74, 6) is 7.40. The van der Waals surface area contributed by atoms with E-state index in [1.54, 1.807) is 0 Å². The summed E-state index contributed by atoms with van der Waals surface area (Å²) in [6.45, 7) is 5.55. The first-order valence-corrected chi connectivity index (χ1v) is 6.41. The van der Waals surface area contributed by atoms with Gasteiger partial charge in [0, 0.05) is 6.42 Å². The predicted octanol–water partition coefficient (Wildman–Crippen LogP) is 2.34. The third kappa shape index (κ3) is 2.58. The van der Waals surface area contributed by atoms with Crippen LogP contribution in [0.2, 0.25) is 0 Å². The van der Waals surface area contributed by atoms with Gasteiger partial charge in [0.15, 0.2) is 0 Å². The zero-order chi connectivity index (χ0) is 11.6. The van der Waals surface area contributed by atoms with Crippen molar-refractivity contribution >= 4 is 0 Å². The van der Waals surface area contributed by atoms with Gasteiger partial charge in [-0.15, -0.1) is 0 Å². The predicted molar refractivity (Wildman–Crippen MR) is 65.5 cm³/mol. The Balaban J connectivity index is 1.95. The van der Waals surface area contributed by atoms with Crippen molar-refractivity contribution < 1.29 is 4.74 Å². The smallest absolute Gasteiger partial charge is 0.111 e. The van der Waals surface area contributed by atoms with Crippen LogP contribution in [0.4, 0.5) is 0 Å². The molecule has 0 spiro atoms. The SMILES string of the molecule is CC1(C)CCC(C(NN)C2=CCCO2)CC1. The van der Waals surface area contributed by atoms with Crippen LogP contribution in [0.3, 0.4) is 0 Å². The fourth-order valence-corrected chi connectivity index (χ4v) is 2.86. The van der Waals surface area contributed by atoms with Gasteiger partial charge in [-0.1, -0.05) is 13.8 Å². The van der Waals surface area contributed by atoms with E-state index >= 15 is 0 Å². The van der Waals surface area contributed by atoms with E-state index in [0.29, 0.717) is 11.3 Å². The average molecular weight is 224 g/mol. The Morgan fingerprint density at radius 3 is 2.62 bits per heavy atom. The lowest BCUT2D eigenvalue weighted by Crippen LogP contribution is -2.44. The third-order valence-corrected chi connectivity index (χ3v) is 4.07. The van der Waals surface area contributed by atoms with Crippen molar-refractivity contribution in [1.82, 2.24) is 5.43 Å². The van der Waals surface area contributed by atoms with Crippen LogP contribution in [0.15, 0.2) is 11.8 Å². The lowest BCUT2D eigenvalue weighted by molar-refractivity contribution is 0.135. The van der Waals surface area contributed by atoms with Crippen molar-refractivity contribution in [2.24, 2.45) is 17.2 Å². The molecule has 1 saturated carbocycles. The fourth-order valence-electron chi connectivity index (χ4n) is 2.86. The van der Waals surface area contributed by atoms with Gasteiger partial charge in [-0.2, -0.15) is 0 Å². The molecular weight excluding hydrogens is 200 g/mol. The van der Waals surface area contributed by atoms with Crippen LogP contribution in [-0.2, 0) is 4.74 Å². The summed E-state index contributed by atoms with van der Waals surface area (Å²) in [5.41, 5.74) is 3.46. The molecule has 1 fully saturated rings. The molecule has 0 saturated heterocycles. The zero-order valence-electron chi connectivity index (χ0n) is 10.5. The van der Waals surface area contributed by atoms with Crippen LogP contribution in [0, 0.1) is 11.3 Å². The second kappa shape index (κ2) is 4.76. The summed E-state index contributed by atoms with van der Waals surface area (Å²) in [5, 5.41) is 0. The molecule has 2 aliphatic rings. The summed E-state index contributed by atoms with van der Waals surface area (Å²) in [6.07, 6.45) is 8.31. The molecule has 1 atom stereocenters. The Bertz CT molecular complexity index is 263. The standard InChI is InChI=1S/C13H24N2O/c1-13(2)7-5-10(6-8-13)12(15-14)11-4-3-9-16-11/h4,10,12,15H,3,5-9,14H2,1-2H3. The summed E-state index contributed by atoms with van der Waals surface area (Å²) in [6, 6.07) is 0.235. The largest absolute Gasteiger partial charge is 0.496 e. The van der Waals surface area contributed by atoms with Crippen molar-refractivity contribution in [3.05, 3.63) is 11.8 Å². The molecule has 1 aliphatic carbocycles. The van der Waals surface area contributed by atoms with Crippen molar-refractivity contribution in [3.63, 3.8) is 0 Å². The van der Waals surface area contributed by atoms with Crippen LogP contribution < -0.4 is 11.3 Å². The molecule has 1 heterocycles. The highest BCUT2D eigenvalue weighted by Crippen LogP contribution is 2.40. The second-order valence-corrected chi connectivity index (χ2v) is 5.89. The minimum atomic E-state index is 0.235. The Kier molecular flexibility index (Phi) is 3.55. The lowest BCUT2D eigenvalue weighted by atomic mass is 9.71. The maximum atomic E-state index is 5.68. The minimum Gasteiger partial charge on any atom is -0.496 e. The van der Waals surface area contributed by atoms with Crippen molar-refractivity contribution in [1.29, 1.82) is 0 Å². The van der Waals surface area contributed by atoms with Gasteiger partial charge >= 0.3 is 0 Å². The maximum absolute atomic E-state index is 5.68. The van der Waals surface area contributed by atoms with Crippen LogP contribution in [0.5, 0.6) is 0 Å². The lowest BCUT2D eigenvalue weighted by Gasteiger charge is -2.37. The Hall–Kier alpha value is -0.540. The molecule has 0 bridgehead atoms. The molecule has 0 aromatic heterocycles. The highest BCUT2D eigenvalue weighted by atomic mass is 16.5. The molecule has 0 radical (unpaired) electrons. The highest BCUT2D eigenvalue weighted by Gasteiger charge is 2.33. The number of hydrogen-bond acceptors (Lipinski definition) is 3. The average Bonchev–Trinajstić information content (AvgIpc) is 2.75. The number of hydrazine groups is 1. The van der Waals surface area contributed by atoms with Gasteiger partial charge in [-0.3, -0.25) is 5.84 Å². The molecule has 1 aliphatic heterocycles. The van der Waals surface area contributed by atoms with E-state index in [1.807, 2.05) is 0 Å². The van der Waals surface area contributed by atoms with Crippen molar-refractivity contribution in [2.75, 3.05) is 6.61 Å². The normalized spacial score (nSPS) is 27.3. The summed E-state index contributed by atoms with van der Waals surface area (Å²) in [7, 11) is 0. The molecule has 2 rings (SSSR count). The third-order valence-electron chi connectivity index (χ3n) is 4.07. The van der Waals surface area contributed by atoms with Gasteiger partial charge in [-0.05, 0) is 43.1 Å². The molecule has 3 heteroatoms. The van der Waals surface area contributed by atoms with Gasteiger partial charge in [0.05, 0.1) is 12.6 Å². The van der Waals surface area contributed by atoms with Crippen LogP contribution in [0.25, 0.3) is 0 Å². The van der Waals surface area contributed by atoms with Crippen LogP contribution in [0.1, 0.15) is 46.0 Å². The van der Waals surface area contributed by atoms with Crippen molar-refractivity contribution in [2.45, 2.75) is 52.0 Å². The first-order valence-electron chi connectivity index (χ1n) is 6.41. The van der Waals surface area contributed by atoms with E-state index in [1.165, 1.54) is 25.7 Å². The molecule has 1 unspecified atom stereocenters. The topological polar surface area (TPSA) is 47.3 Å². The quantitative estimate of drug-likeness (QED) is 0.571. The zero-order valence-corrected chi connectivity index (χ0v) is 10.5. The molecule has 3 N–H and O–H groups in total.